The molecule has 0 aliphatic rings. The first kappa shape index (κ1) is 19.4. The second kappa shape index (κ2) is 9.05. The molecule has 0 bridgehead atoms. The first-order valence-electron chi connectivity index (χ1n) is 8.38. The van der Waals surface area contributed by atoms with Gasteiger partial charge in [-0.1, -0.05) is 0 Å². The average Bonchev–Trinajstić information content (AvgIpc) is 3.20. The molecule has 0 unspecified atom stereocenters. The molecule has 144 valence electrons. The highest BCUT2D eigenvalue weighted by molar-refractivity contribution is 8.00. The number of hydrogen-bond acceptors (Lipinski definition) is 6. The maximum atomic E-state index is 12.0. The Morgan fingerprint density at radius 1 is 1.18 bits per heavy atom. The molecule has 3 rings (SSSR count). The molecular formula is C19H18N4O4S. The van der Waals surface area contributed by atoms with Gasteiger partial charge in [-0.05, 0) is 42.5 Å². The zero-order chi connectivity index (χ0) is 19.9. The van der Waals surface area contributed by atoms with E-state index in [-0.39, 0.29) is 17.3 Å². The number of nitrogens with one attached hydrogen (secondary N) is 1. The summed E-state index contributed by atoms with van der Waals surface area (Å²) >= 11 is 1.32. The number of hydrogen-bond donors (Lipinski definition) is 1. The summed E-state index contributed by atoms with van der Waals surface area (Å²) in [7, 11) is 1.61. The van der Waals surface area contributed by atoms with Gasteiger partial charge in [0, 0.05) is 23.2 Å². The van der Waals surface area contributed by atoms with Gasteiger partial charge < -0.3 is 10.1 Å². The molecule has 0 saturated heterocycles. The zero-order valence-corrected chi connectivity index (χ0v) is 15.9. The Kier molecular flexibility index (Phi) is 6.28. The number of amides is 1. The first-order chi connectivity index (χ1) is 13.5. The van der Waals surface area contributed by atoms with Crippen LogP contribution in [0.15, 0.2) is 65.7 Å². The fourth-order valence-electron chi connectivity index (χ4n) is 2.39. The van der Waals surface area contributed by atoms with E-state index >= 15 is 0 Å². The SMILES string of the molecule is COc1ccc(-n2ccc(CNC(=O)CSc3ccc([N+](=O)[O-])cc3)n2)cc1. The van der Waals surface area contributed by atoms with Crippen molar-refractivity contribution in [2.24, 2.45) is 0 Å². The number of rotatable bonds is 8. The molecule has 1 aromatic heterocycles. The second-order valence-corrected chi connectivity index (χ2v) is 6.81. The minimum Gasteiger partial charge on any atom is -0.497 e. The van der Waals surface area contributed by atoms with Crippen molar-refractivity contribution >= 4 is 23.4 Å². The number of carbonyl (C=O) groups is 1. The summed E-state index contributed by atoms with van der Waals surface area (Å²) in [5, 5.41) is 17.9. The third-order valence-corrected chi connectivity index (χ3v) is 4.88. The molecule has 0 saturated carbocycles. The van der Waals surface area contributed by atoms with Gasteiger partial charge in [0.05, 0.1) is 35.7 Å². The van der Waals surface area contributed by atoms with Crippen molar-refractivity contribution < 1.29 is 14.5 Å². The van der Waals surface area contributed by atoms with Gasteiger partial charge in [0.1, 0.15) is 5.75 Å². The molecule has 1 heterocycles. The Labute approximate surface area is 165 Å². The van der Waals surface area contributed by atoms with E-state index in [4.69, 9.17) is 4.74 Å². The molecule has 0 atom stereocenters. The van der Waals surface area contributed by atoms with E-state index in [0.29, 0.717) is 6.54 Å². The number of methoxy groups -OCH3 is 1. The Morgan fingerprint density at radius 2 is 1.89 bits per heavy atom. The van der Waals surface area contributed by atoms with Crippen molar-refractivity contribution in [3.63, 3.8) is 0 Å². The van der Waals surface area contributed by atoms with Gasteiger partial charge in [-0.3, -0.25) is 14.9 Å². The van der Waals surface area contributed by atoms with E-state index in [1.54, 1.807) is 23.9 Å². The van der Waals surface area contributed by atoms with Crippen LogP contribution in [0, 0.1) is 10.1 Å². The summed E-state index contributed by atoms with van der Waals surface area (Å²) in [5.41, 5.74) is 1.66. The Balaban J connectivity index is 1.48. The summed E-state index contributed by atoms with van der Waals surface area (Å²) in [4.78, 5) is 23.0. The third kappa shape index (κ3) is 5.10. The van der Waals surface area contributed by atoms with Crippen LogP contribution in [-0.2, 0) is 11.3 Å². The molecule has 1 amide bonds. The van der Waals surface area contributed by atoms with E-state index in [1.807, 2.05) is 36.5 Å². The van der Waals surface area contributed by atoms with Crippen LogP contribution in [0.5, 0.6) is 5.75 Å². The monoisotopic (exact) mass is 398 g/mol. The van der Waals surface area contributed by atoms with Gasteiger partial charge in [-0.15, -0.1) is 11.8 Å². The van der Waals surface area contributed by atoms with Crippen LogP contribution < -0.4 is 10.1 Å². The molecule has 8 nitrogen and oxygen atoms in total. The fraction of sp³-hybridized carbons (Fsp3) is 0.158. The molecular weight excluding hydrogens is 380 g/mol. The van der Waals surface area contributed by atoms with Crippen LogP contribution in [0.25, 0.3) is 5.69 Å². The molecule has 0 aliphatic carbocycles. The minimum absolute atomic E-state index is 0.0289. The minimum atomic E-state index is -0.452. The fourth-order valence-corrected chi connectivity index (χ4v) is 3.12. The molecule has 0 spiro atoms. The Bertz CT molecular complexity index is 955. The van der Waals surface area contributed by atoms with Crippen LogP contribution in [0.1, 0.15) is 5.69 Å². The second-order valence-electron chi connectivity index (χ2n) is 5.77. The highest BCUT2D eigenvalue weighted by Gasteiger charge is 2.08. The van der Waals surface area contributed by atoms with Crippen LogP contribution >= 0.6 is 11.8 Å². The quantitative estimate of drug-likeness (QED) is 0.355. The number of nitro benzene ring substituents is 1. The van der Waals surface area contributed by atoms with Crippen molar-refractivity contribution in [3.8, 4) is 11.4 Å². The number of carbonyl (C=O) groups excluding carboxylic acids is 1. The Morgan fingerprint density at radius 3 is 2.54 bits per heavy atom. The lowest BCUT2D eigenvalue weighted by atomic mass is 10.3. The number of ether oxygens (including phenoxy) is 1. The largest absolute Gasteiger partial charge is 0.497 e. The number of nitrogens with zero attached hydrogens (tertiary/aromatic N) is 3. The van der Waals surface area contributed by atoms with Crippen molar-refractivity contribution in [2.45, 2.75) is 11.4 Å². The molecule has 0 aliphatic heterocycles. The predicted molar refractivity (Wildman–Crippen MR) is 106 cm³/mol. The van der Waals surface area contributed by atoms with Gasteiger partial charge >= 0.3 is 0 Å². The van der Waals surface area contributed by atoms with E-state index in [1.165, 1.54) is 23.9 Å². The van der Waals surface area contributed by atoms with E-state index in [0.717, 1.165) is 22.0 Å². The van der Waals surface area contributed by atoms with Gasteiger partial charge in [-0.25, -0.2) is 4.68 Å². The van der Waals surface area contributed by atoms with Gasteiger partial charge in [0.15, 0.2) is 0 Å². The van der Waals surface area contributed by atoms with Gasteiger partial charge in [0.25, 0.3) is 5.69 Å². The molecule has 28 heavy (non-hydrogen) atoms. The van der Waals surface area contributed by atoms with Gasteiger partial charge in [0.2, 0.25) is 5.91 Å². The lowest BCUT2D eigenvalue weighted by Crippen LogP contribution is -2.24. The van der Waals surface area contributed by atoms with Crippen LogP contribution in [-0.4, -0.2) is 33.5 Å². The lowest BCUT2D eigenvalue weighted by Gasteiger charge is -2.05. The molecule has 3 aromatic rings. The smallest absolute Gasteiger partial charge is 0.269 e. The molecule has 2 aromatic carbocycles. The van der Waals surface area contributed by atoms with E-state index in [9.17, 15) is 14.9 Å². The maximum Gasteiger partial charge on any atom is 0.269 e. The van der Waals surface area contributed by atoms with Crippen molar-refractivity contribution in [2.75, 3.05) is 12.9 Å². The highest BCUT2D eigenvalue weighted by Crippen LogP contribution is 2.21. The molecule has 0 radical (unpaired) electrons. The Hall–Kier alpha value is -3.33. The normalized spacial score (nSPS) is 10.5. The molecule has 1 N–H and O–H groups in total. The maximum absolute atomic E-state index is 12.0. The zero-order valence-electron chi connectivity index (χ0n) is 15.1. The first-order valence-corrected chi connectivity index (χ1v) is 9.36. The predicted octanol–water partition coefficient (Wildman–Crippen LogP) is 3.20. The van der Waals surface area contributed by atoms with Crippen LogP contribution in [0.3, 0.4) is 0 Å². The number of non-ortho nitro benzene ring substituents is 1. The summed E-state index contributed by atoms with van der Waals surface area (Å²) < 4.78 is 6.87. The standard InChI is InChI=1S/C19H18N4O4S/c1-27-17-6-2-15(3-7-17)22-11-10-14(21-22)12-20-19(24)13-28-18-8-4-16(5-9-18)23(25)26/h2-11H,12-13H2,1H3,(H,20,24). The molecule has 0 fully saturated rings. The summed E-state index contributed by atoms with van der Waals surface area (Å²) in [6.45, 7) is 0.322. The molecule has 9 heteroatoms. The summed E-state index contributed by atoms with van der Waals surface area (Å²) in [6.07, 6.45) is 1.83. The average molecular weight is 398 g/mol. The van der Waals surface area contributed by atoms with Crippen molar-refractivity contribution in [3.05, 3.63) is 76.6 Å². The number of thioether (sulfide) groups is 1. The topological polar surface area (TPSA) is 99.3 Å². The number of nitro groups is 1. The van der Waals surface area contributed by atoms with Crippen molar-refractivity contribution in [1.82, 2.24) is 15.1 Å². The van der Waals surface area contributed by atoms with E-state index in [2.05, 4.69) is 10.4 Å². The number of benzene rings is 2. The summed E-state index contributed by atoms with van der Waals surface area (Å²) in [6, 6.07) is 15.5. The summed E-state index contributed by atoms with van der Waals surface area (Å²) in [5.74, 6) is 0.855. The van der Waals surface area contributed by atoms with E-state index < -0.39 is 4.92 Å². The highest BCUT2D eigenvalue weighted by atomic mass is 32.2. The van der Waals surface area contributed by atoms with Gasteiger partial charge in [-0.2, -0.15) is 5.10 Å². The van der Waals surface area contributed by atoms with Crippen LogP contribution in [0.4, 0.5) is 5.69 Å². The third-order valence-electron chi connectivity index (χ3n) is 3.87. The van der Waals surface area contributed by atoms with Crippen LogP contribution in [0.2, 0.25) is 0 Å². The number of aromatic nitrogens is 2. The van der Waals surface area contributed by atoms with Crippen molar-refractivity contribution in [1.29, 1.82) is 0 Å². The lowest BCUT2D eigenvalue weighted by molar-refractivity contribution is -0.384.